The molecule has 0 aliphatic heterocycles. The standard InChI is InChI=1S/C10H9ClN4O2/c11-4-8(12)13-5-1-2-7-6(3-5)9(10(16)17)15-14-7/h1-3H,4H2,(H2,12,13)(H,14,15)(H,16,17). The molecule has 0 aliphatic carbocycles. The van der Waals surface area contributed by atoms with Gasteiger partial charge in [0.25, 0.3) is 0 Å². The van der Waals surface area contributed by atoms with Crippen molar-refractivity contribution in [3.63, 3.8) is 0 Å². The first kappa shape index (κ1) is 11.4. The zero-order valence-corrected chi connectivity index (χ0v) is 9.40. The number of alkyl halides is 1. The number of nitrogens with one attached hydrogen (secondary N) is 1. The number of hydrogen-bond acceptors (Lipinski definition) is 3. The quantitative estimate of drug-likeness (QED) is 0.437. The van der Waals surface area contributed by atoms with Gasteiger partial charge in [-0.3, -0.25) is 5.10 Å². The molecule has 88 valence electrons. The average molecular weight is 253 g/mol. The van der Waals surface area contributed by atoms with Crippen molar-refractivity contribution in [3.8, 4) is 0 Å². The minimum Gasteiger partial charge on any atom is -0.476 e. The Kier molecular flexibility index (Phi) is 2.97. The number of aromatic nitrogens is 2. The van der Waals surface area contributed by atoms with E-state index >= 15 is 0 Å². The number of halogens is 1. The number of fused-ring (bicyclic) bond motifs is 1. The maximum Gasteiger partial charge on any atom is 0.357 e. The SMILES string of the molecule is NC(CCl)=Nc1ccc2[nH]nc(C(=O)O)c2c1. The lowest BCUT2D eigenvalue weighted by atomic mass is 10.2. The number of aromatic carboxylic acids is 1. The first-order valence-electron chi connectivity index (χ1n) is 4.72. The van der Waals surface area contributed by atoms with Crippen LogP contribution in [-0.4, -0.2) is 33.0 Å². The van der Waals surface area contributed by atoms with E-state index in [0.717, 1.165) is 0 Å². The molecule has 0 unspecified atom stereocenters. The van der Waals surface area contributed by atoms with Crippen LogP contribution in [0.15, 0.2) is 23.2 Å². The summed E-state index contributed by atoms with van der Waals surface area (Å²) in [6.07, 6.45) is 0. The van der Waals surface area contributed by atoms with Crippen LogP contribution in [0.25, 0.3) is 10.9 Å². The number of benzene rings is 1. The number of aliphatic imine (C=N–C) groups is 1. The number of carboxylic acids is 1. The molecule has 0 saturated carbocycles. The molecule has 2 rings (SSSR count). The van der Waals surface area contributed by atoms with Gasteiger partial charge in [0.15, 0.2) is 5.69 Å². The molecule has 6 nitrogen and oxygen atoms in total. The molecule has 0 fully saturated rings. The van der Waals surface area contributed by atoms with Gasteiger partial charge in [0.2, 0.25) is 0 Å². The van der Waals surface area contributed by atoms with E-state index in [1.165, 1.54) is 0 Å². The van der Waals surface area contributed by atoms with Gasteiger partial charge in [-0.2, -0.15) is 5.10 Å². The molecule has 1 aromatic carbocycles. The Hall–Kier alpha value is -2.08. The highest BCUT2D eigenvalue weighted by molar-refractivity contribution is 6.28. The molecule has 7 heteroatoms. The van der Waals surface area contributed by atoms with Crippen molar-refractivity contribution in [1.82, 2.24) is 10.2 Å². The van der Waals surface area contributed by atoms with E-state index in [-0.39, 0.29) is 17.4 Å². The highest BCUT2D eigenvalue weighted by Gasteiger charge is 2.12. The largest absolute Gasteiger partial charge is 0.476 e. The Morgan fingerprint density at radius 1 is 1.59 bits per heavy atom. The van der Waals surface area contributed by atoms with Gasteiger partial charge in [0.1, 0.15) is 5.84 Å². The maximum absolute atomic E-state index is 10.9. The molecular weight excluding hydrogens is 244 g/mol. The Labute approximate surface area is 101 Å². The van der Waals surface area contributed by atoms with E-state index in [4.69, 9.17) is 22.4 Å². The van der Waals surface area contributed by atoms with Crippen LogP contribution >= 0.6 is 11.6 Å². The minimum absolute atomic E-state index is 0.0403. The van der Waals surface area contributed by atoms with Gasteiger partial charge >= 0.3 is 5.97 Å². The van der Waals surface area contributed by atoms with Crippen LogP contribution in [0.1, 0.15) is 10.5 Å². The van der Waals surface area contributed by atoms with Gasteiger partial charge in [-0.05, 0) is 18.2 Å². The van der Waals surface area contributed by atoms with Crippen LogP contribution in [0.3, 0.4) is 0 Å². The van der Waals surface area contributed by atoms with Gasteiger partial charge < -0.3 is 10.8 Å². The summed E-state index contributed by atoms with van der Waals surface area (Å²) in [7, 11) is 0. The molecule has 0 radical (unpaired) electrons. The number of amidine groups is 1. The Balaban J connectivity index is 2.55. The van der Waals surface area contributed by atoms with E-state index in [1.807, 2.05) is 0 Å². The van der Waals surface area contributed by atoms with Crippen LogP contribution in [0.4, 0.5) is 5.69 Å². The zero-order valence-electron chi connectivity index (χ0n) is 8.64. The lowest BCUT2D eigenvalue weighted by Crippen LogP contribution is -2.12. The fraction of sp³-hybridized carbons (Fsp3) is 0.100. The first-order chi connectivity index (χ1) is 8.11. The third kappa shape index (κ3) is 2.21. The number of rotatable bonds is 3. The molecule has 1 aromatic heterocycles. The van der Waals surface area contributed by atoms with Crippen LogP contribution in [0, 0.1) is 0 Å². The van der Waals surface area contributed by atoms with Gasteiger partial charge in [0, 0.05) is 5.39 Å². The summed E-state index contributed by atoms with van der Waals surface area (Å²) >= 11 is 5.51. The summed E-state index contributed by atoms with van der Waals surface area (Å²) in [5, 5.41) is 15.7. The highest BCUT2D eigenvalue weighted by atomic mass is 35.5. The van der Waals surface area contributed by atoms with Gasteiger partial charge in [-0.25, -0.2) is 9.79 Å². The molecule has 17 heavy (non-hydrogen) atoms. The molecule has 0 aliphatic rings. The third-order valence-corrected chi connectivity index (χ3v) is 2.43. The number of aromatic amines is 1. The summed E-state index contributed by atoms with van der Waals surface area (Å²) in [6.45, 7) is 0. The summed E-state index contributed by atoms with van der Waals surface area (Å²) in [5.74, 6) is -0.705. The molecule has 0 amide bonds. The molecule has 0 spiro atoms. The smallest absolute Gasteiger partial charge is 0.357 e. The van der Waals surface area contributed by atoms with Crippen molar-refractivity contribution in [2.75, 3.05) is 5.88 Å². The minimum atomic E-state index is -1.09. The normalized spacial score (nSPS) is 11.9. The molecule has 0 saturated heterocycles. The van der Waals surface area contributed by atoms with Crippen LogP contribution < -0.4 is 5.73 Å². The number of nitrogens with zero attached hydrogens (tertiary/aromatic N) is 2. The average Bonchev–Trinajstić information content (AvgIpc) is 2.71. The Morgan fingerprint density at radius 2 is 2.35 bits per heavy atom. The molecular formula is C10H9ClN4O2. The number of hydrogen-bond donors (Lipinski definition) is 3. The molecule has 0 atom stereocenters. The van der Waals surface area contributed by atoms with Gasteiger partial charge in [0.05, 0.1) is 17.1 Å². The fourth-order valence-electron chi connectivity index (χ4n) is 1.43. The molecule has 4 N–H and O–H groups in total. The number of carbonyl (C=O) groups is 1. The second-order valence-corrected chi connectivity index (χ2v) is 3.61. The second kappa shape index (κ2) is 4.42. The lowest BCUT2D eigenvalue weighted by molar-refractivity contribution is 0.0692. The molecule has 1 heterocycles. The van der Waals surface area contributed by atoms with Crippen LogP contribution in [0.5, 0.6) is 0 Å². The van der Waals surface area contributed by atoms with Gasteiger partial charge in [-0.15, -0.1) is 11.6 Å². The number of nitrogens with two attached hydrogens (primary N) is 1. The Morgan fingerprint density at radius 3 is 3.00 bits per heavy atom. The lowest BCUT2D eigenvalue weighted by Gasteiger charge is -1.97. The first-order valence-corrected chi connectivity index (χ1v) is 5.25. The van der Waals surface area contributed by atoms with Crippen molar-refractivity contribution in [2.24, 2.45) is 10.7 Å². The van der Waals surface area contributed by atoms with E-state index in [2.05, 4.69) is 15.2 Å². The molecule has 0 bridgehead atoms. The predicted octanol–water partition coefficient (Wildman–Crippen LogP) is 1.49. The monoisotopic (exact) mass is 252 g/mol. The van der Waals surface area contributed by atoms with Crippen molar-refractivity contribution in [3.05, 3.63) is 23.9 Å². The van der Waals surface area contributed by atoms with Crippen molar-refractivity contribution in [2.45, 2.75) is 0 Å². The van der Waals surface area contributed by atoms with Crippen LogP contribution in [0.2, 0.25) is 0 Å². The second-order valence-electron chi connectivity index (χ2n) is 3.34. The third-order valence-electron chi connectivity index (χ3n) is 2.16. The fourth-order valence-corrected chi connectivity index (χ4v) is 1.49. The van der Waals surface area contributed by atoms with Crippen molar-refractivity contribution < 1.29 is 9.90 Å². The Bertz CT molecular complexity index is 605. The van der Waals surface area contributed by atoms with E-state index in [9.17, 15) is 4.79 Å². The number of carboxylic acid groups (broad SMARTS) is 1. The highest BCUT2D eigenvalue weighted by Crippen LogP contribution is 2.22. The summed E-state index contributed by atoms with van der Waals surface area (Å²) in [5.41, 5.74) is 6.63. The summed E-state index contributed by atoms with van der Waals surface area (Å²) < 4.78 is 0. The van der Waals surface area contributed by atoms with E-state index in [0.29, 0.717) is 16.6 Å². The number of H-pyrrole nitrogens is 1. The summed E-state index contributed by atoms with van der Waals surface area (Å²) in [4.78, 5) is 14.9. The van der Waals surface area contributed by atoms with E-state index in [1.54, 1.807) is 18.2 Å². The molecule has 2 aromatic rings. The zero-order chi connectivity index (χ0) is 12.4. The maximum atomic E-state index is 10.9. The predicted molar refractivity (Wildman–Crippen MR) is 65.1 cm³/mol. The van der Waals surface area contributed by atoms with Crippen LogP contribution in [-0.2, 0) is 0 Å². The summed E-state index contributed by atoms with van der Waals surface area (Å²) in [6, 6.07) is 4.99. The van der Waals surface area contributed by atoms with Crippen molar-refractivity contribution in [1.29, 1.82) is 0 Å². The van der Waals surface area contributed by atoms with Gasteiger partial charge in [-0.1, -0.05) is 0 Å². The van der Waals surface area contributed by atoms with Crippen molar-refractivity contribution >= 4 is 40.0 Å². The van der Waals surface area contributed by atoms with E-state index < -0.39 is 5.97 Å². The topological polar surface area (TPSA) is 104 Å².